The summed E-state index contributed by atoms with van der Waals surface area (Å²) >= 11 is 0. The molecule has 8 nitrogen and oxygen atoms in total. The molecule has 4 saturated heterocycles. The van der Waals surface area contributed by atoms with Gasteiger partial charge in [-0.3, -0.25) is 4.90 Å². The number of halogens is 4. The number of terminal acetylenes is 1. The van der Waals surface area contributed by atoms with Crippen LogP contribution in [0.4, 0.5) is 29.2 Å². The maximum absolute atomic E-state index is 17.2. The fraction of sp³-hybridized carbons (Fsp3) is 0.472. The van der Waals surface area contributed by atoms with Gasteiger partial charge in [0.2, 0.25) is 0 Å². The molecule has 12 heteroatoms. The Kier molecular flexibility index (Phi) is 6.63. The summed E-state index contributed by atoms with van der Waals surface area (Å²) in [4.78, 5) is 18.2. The first-order valence-corrected chi connectivity index (χ1v) is 16.8. The molecule has 4 aromatic rings. The summed E-state index contributed by atoms with van der Waals surface area (Å²) in [5.41, 5.74) is 4.99. The number of hydrogen-bond acceptors (Lipinski definition) is 8. The van der Waals surface area contributed by atoms with Crippen molar-refractivity contribution in [3.63, 3.8) is 0 Å². The van der Waals surface area contributed by atoms with E-state index in [9.17, 15) is 4.39 Å². The molecule has 3 N–H and O–H groups in total. The van der Waals surface area contributed by atoms with Crippen LogP contribution in [-0.2, 0) is 6.42 Å². The lowest BCUT2D eigenvalue weighted by Gasteiger charge is -2.43. The normalized spacial score (nSPS) is 29.2. The molecule has 2 aromatic carbocycles. The van der Waals surface area contributed by atoms with Crippen molar-refractivity contribution in [3.05, 3.63) is 46.8 Å². The largest absolute Gasteiger partial charge is 0.461 e. The molecule has 48 heavy (non-hydrogen) atoms. The minimum absolute atomic E-state index is 0.0000510. The number of nitrogen functional groups attached to an aromatic ring is 1. The lowest BCUT2D eigenvalue weighted by atomic mass is 9.87. The monoisotopic (exact) mass is 657 g/mol. The number of benzene rings is 2. The Morgan fingerprint density at radius 1 is 1.12 bits per heavy atom. The SMILES string of the molecule is C#Cc1c(F)ccc2cc(N)nc(-c3c(F)c4c5c(nc(OC[C@@]67CCCN6C[C@H](F)C7)nc5c3F)N3C[C@H]5CC[C@H](N5)[C@@H]3[C@@H](C)C4)c12. The Balaban J connectivity index is 1.29. The number of pyridine rings is 1. The zero-order valence-corrected chi connectivity index (χ0v) is 26.5. The second-order valence-corrected chi connectivity index (χ2v) is 14.3. The van der Waals surface area contributed by atoms with Gasteiger partial charge in [0.25, 0.3) is 0 Å². The summed E-state index contributed by atoms with van der Waals surface area (Å²) in [6.07, 6.45) is 9.10. The van der Waals surface area contributed by atoms with Crippen LogP contribution in [0.15, 0.2) is 18.2 Å². The van der Waals surface area contributed by atoms with E-state index in [4.69, 9.17) is 21.9 Å². The maximum Gasteiger partial charge on any atom is 0.319 e. The summed E-state index contributed by atoms with van der Waals surface area (Å²) in [7, 11) is 0. The second-order valence-electron chi connectivity index (χ2n) is 14.3. The molecule has 0 unspecified atom stereocenters. The fourth-order valence-corrected chi connectivity index (χ4v) is 9.54. The average molecular weight is 658 g/mol. The number of rotatable bonds is 4. The van der Waals surface area contributed by atoms with Gasteiger partial charge in [0.1, 0.15) is 41.6 Å². The molecule has 0 radical (unpaired) electrons. The lowest BCUT2D eigenvalue weighted by molar-refractivity contribution is 0.107. The number of aromatic nitrogens is 3. The first kappa shape index (κ1) is 29.9. The predicted molar refractivity (Wildman–Crippen MR) is 175 cm³/mol. The third-order valence-corrected chi connectivity index (χ3v) is 11.5. The highest BCUT2D eigenvalue weighted by Gasteiger charge is 2.50. The maximum atomic E-state index is 17.2. The van der Waals surface area contributed by atoms with Crippen molar-refractivity contribution >= 4 is 33.3 Å². The third kappa shape index (κ3) is 4.26. The van der Waals surface area contributed by atoms with E-state index in [2.05, 4.69) is 37.9 Å². The van der Waals surface area contributed by atoms with Gasteiger partial charge < -0.3 is 20.7 Å². The molecule has 5 aliphatic rings. The minimum atomic E-state index is -0.985. The fourth-order valence-electron chi connectivity index (χ4n) is 9.54. The first-order valence-electron chi connectivity index (χ1n) is 16.8. The van der Waals surface area contributed by atoms with E-state index in [0.717, 1.165) is 32.2 Å². The Morgan fingerprint density at radius 3 is 2.81 bits per heavy atom. The van der Waals surface area contributed by atoms with Crippen LogP contribution in [0.25, 0.3) is 32.9 Å². The molecule has 0 spiro atoms. The van der Waals surface area contributed by atoms with E-state index in [1.807, 2.05) is 0 Å². The molecule has 0 saturated carbocycles. The van der Waals surface area contributed by atoms with Gasteiger partial charge in [0.15, 0.2) is 5.82 Å². The Bertz CT molecular complexity index is 2070. The predicted octanol–water partition coefficient (Wildman–Crippen LogP) is 5.28. The number of fused-ring (bicyclic) bond motifs is 7. The summed E-state index contributed by atoms with van der Waals surface area (Å²) < 4.78 is 70.3. The van der Waals surface area contributed by atoms with Gasteiger partial charge >= 0.3 is 6.01 Å². The zero-order chi connectivity index (χ0) is 33.1. The van der Waals surface area contributed by atoms with Gasteiger partial charge in [-0.15, -0.1) is 6.42 Å². The topological polar surface area (TPSA) is 92.4 Å². The molecule has 4 fully saturated rings. The Hall–Kier alpha value is -4.21. The Labute approximate surface area is 275 Å². The highest BCUT2D eigenvalue weighted by molar-refractivity contribution is 6.04. The number of ether oxygens (including phenoxy) is 1. The number of alkyl halides is 1. The van der Waals surface area contributed by atoms with Gasteiger partial charge in [0.05, 0.1) is 27.7 Å². The van der Waals surface area contributed by atoms with Crippen molar-refractivity contribution in [1.82, 2.24) is 25.2 Å². The molecular formula is C36H35F4N7O. The van der Waals surface area contributed by atoms with Crippen LogP contribution in [0.3, 0.4) is 0 Å². The first-order chi connectivity index (χ1) is 23.2. The van der Waals surface area contributed by atoms with Gasteiger partial charge in [-0.1, -0.05) is 18.9 Å². The van der Waals surface area contributed by atoms with Crippen molar-refractivity contribution in [3.8, 4) is 29.6 Å². The quantitative estimate of drug-likeness (QED) is 0.226. The van der Waals surface area contributed by atoms with E-state index in [1.54, 1.807) is 0 Å². The molecule has 0 amide bonds. The smallest absolute Gasteiger partial charge is 0.319 e. The van der Waals surface area contributed by atoms with E-state index < -0.39 is 34.7 Å². The van der Waals surface area contributed by atoms with Gasteiger partial charge in [-0.2, -0.15) is 9.97 Å². The third-order valence-electron chi connectivity index (χ3n) is 11.5. The molecule has 6 atom stereocenters. The number of nitrogens with two attached hydrogens (primary N) is 1. The summed E-state index contributed by atoms with van der Waals surface area (Å²) in [5, 5.41) is 4.50. The molecule has 0 aliphatic carbocycles. The van der Waals surface area contributed by atoms with Crippen LogP contribution in [0, 0.1) is 35.7 Å². The van der Waals surface area contributed by atoms with E-state index in [1.165, 1.54) is 18.2 Å². The molecule has 2 bridgehead atoms. The van der Waals surface area contributed by atoms with Gasteiger partial charge in [0, 0.05) is 48.6 Å². The molecule has 9 rings (SSSR count). The van der Waals surface area contributed by atoms with Crippen molar-refractivity contribution < 1.29 is 22.3 Å². The van der Waals surface area contributed by atoms with Gasteiger partial charge in [-0.25, -0.2) is 22.5 Å². The number of nitrogens with one attached hydrogen (secondary N) is 1. The van der Waals surface area contributed by atoms with Crippen LogP contribution >= 0.6 is 0 Å². The standard InChI is InChI=1S/C36H35F4N7O/c1-3-21-23(38)7-5-18-12-25(41)43-31(26(18)21)28-29(39)22-11-17(2)33-24-8-6-20(42-24)15-47(33)34-27(22)32(30(28)40)44-35(45-34)48-16-36-9-4-10-46(36)14-19(37)13-36/h1,5,7,12,17,19-20,24,33,42H,4,6,8-11,13-16H2,2H3,(H2,41,43)/t17-,19+,20+,24-,33-,36-/m0/s1. The van der Waals surface area contributed by atoms with E-state index in [-0.39, 0.29) is 76.6 Å². The van der Waals surface area contributed by atoms with Crippen LogP contribution < -0.4 is 20.7 Å². The average Bonchev–Trinajstić information content (AvgIpc) is 3.70. The number of nitrogens with zero attached hydrogens (tertiary/aromatic N) is 5. The highest BCUT2D eigenvalue weighted by atomic mass is 19.1. The summed E-state index contributed by atoms with van der Waals surface area (Å²) in [6, 6.07) is 4.44. The van der Waals surface area contributed by atoms with Gasteiger partial charge in [-0.05, 0) is 62.1 Å². The van der Waals surface area contributed by atoms with E-state index in [0.29, 0.717) is 36.1 Å². The minimum Gasteiger partial charge on any atom is -0.461 e. The van der Waals surface area contributed by atoms with Crippen LogP contribution in [0.5, 0.6) is 6.01 Å². The van der Waals surface area contributed by atoms with Crippen molar-refractivity contribution in [2.45, 2.75) is 75.3 Å². The van der Waals surface area contributed by atoms with Crippen LogP contribution in [0.1, 0.15) is 50.2 Å². The number of piperazine rings is 1. The van der Waals surface area contributed by atoms with Crippen molar-refractivity contribution in [1.29, 1.82) is 0 Å². The molecule has 2 aromatic heterocycles. The summed E-state index contributed by atoms with van der Waals surface area (Å²) in [5.74, 6) is 0.198. The van der Waals surface area contributed by atoms with Crippen LogP contribution in [0.2, 0.25) is 0 Å². The highest BCUT2D eigenvalue weighted by Crippen LogP contribution is 2.47. The summed E-state index contributed by atoms with van der Waals surface area (Å²) in [6.45, 7) is 4.00. The van der Waals surface area contributed by atoms with Crippen LogP contribution in [-0.4, -0.2) is 75.9 Å². The molecule has 5 aliphatic heterocycles. The number of anilines is 2. The zero-order valence-electron chi connectivity index (χ0n) is 26.5. The van der Waals surface area contributed by atoms with Crippen molar-refractivity contribution in [2.75, 3.05) is 36.9 Å². The number of hydrogen-bond donors (Lipinski definition) is 2. The molecule has 248 valence electrons. The second kappa shape index (κ2) is 10.6. The van der Waals surface area contributed by atoms with Crippen molar-refractivity contribution in [2.24, 2.45) is 5.92 Å². The van der Waals surface area contributed by atoms with E-state index >= 15 is 13.2 Å². The lowest BCUT2D eigenvalue weighted by Crippen LogP contribution is -2.60. The molecular weight excluding hydrogens is 622 g/mol. The molecule has 7 heterocycles. The Morgan fingerprint density at radius 2 is 1.98 bits per heavy atom.